The zero-order valence-corrected chi connectivity index (χ0v) is 4.51. The molecule has 0 aliphatic rings. The summed E-state index contributed by atoms with van der Waals surface area (Å²) >= 11 is 0. The van der Waals surface area contributed by atoms with E-state index >= 15 is 0 Å². The molecule has 0 aliphatic carbocycles. The maximum absolute atomic E-state index is 10.3. The first-order valence-corrected chi connectivity index (χ1v) is 1.97. The third kappa shape index (κ3) is 1.57. The molecule has 0 radical (unpaired) electrons. The predicted octanol–water partition coefficient (Wildman–Crippen LogP) is -1.69. The minimum absolute atomic E-state index is 0.160. The van der Waals surface area contributed by atoms with E-state index < -0.39 is 5.91 Å². The van der Waals surface area contributed by atoms with E-state index in [-0.39, 0.29) is 5.71 Å². The highest BCUT2D eigenvalue weighted by atomic mass is 16.2. The van der Waals surface area contributed by atoms with E-state index in [0.717, 1.165) is 0 Å². The van der Waals surface area contributed by atoms with Crippen LogP contribution in [0, 0.1) is 0 Å². The molecular weight excluding hydrogens is 108 g/mol. The normalized spacial score (nSPS) is 11.0. The van der Waals surface area contributed by atoms with Crippen molar-refractivity contribution < 1.29 is 4.79 Å². The summed E-state index contributed by atoms with van der Waals surface area (Å²) < 4.78 is 0. The van der Waals surface area contributed by atoms with Gasteiger partial charge in [0.2, 0.25) is 0 Å². The van der Waals surface area contributed by atoms with Crippen molar-refractivity contribution in [3.63, 3.8) is 0 Å². The number of amides is 1. The second-order valence-electron chi connectivity index (χ2n) is 1.19. The fraction of sp³-hybridized carbons (Fsp3) is 0.333. The third-order valence-corrected chi connectivity index (χ3v) is 0.653. The maximum Gasteiger partial charge on any atom is 0.281 e. The van der Waals surface area contributed by atoms with Gasteiger partial charge in [0.1, 0.15) is 5.71 Å². The van der Waals surface area contributed by atoms with Gasteiger partial charge < -0.3 is 5.84 Å². The zero-order valence-electron chi connectivity index (χ0n) is 4.51. The van der Waals surface area contributed by atoms with Gasteiger partial charge in [0.05, 0.1) is 0 Å². The Morgan fingerprint density at radius 2 is 2.25 bits per heavy atom. The Hall–Kier alpha value is -1.10. The van der Waals surface area contributed by atoms with Crippen LogP contribution in [0.4, 0.5) is 0 Å². The largest absolute Gasteiger partial charge is 0.323 e. The first-order valence-electron chi connectivity index (χ1n) is 1.97. The van der Waals surface area contributed by atoms with Crippen molar-refractivity contribution in [1.82, 2.24) is 5.43 Å². The van der Waals surface area contributed by atoms with E-state index in [9.17, 15) is 4.79 Å². The summed E-state index contributed by atoms with van der Waals surface area (Å²) in [6, 6.07) is 0. The average Bonchev–Trinajstić information content (AvgIpc) is 1.84. The summed E-state index contributed by atoms with van der Waals surface area (Å²) in [4.78, 5) is 10.3. The van der Waals surface area contributed by atoms with Crippen molar-refractivity contribution in [3.8, 4) is 0 Å². The quantitative estimate of drug-likeness (QED) is 0.165. The van der Waals surface area contributed by atoms with E-state index in [2.05, 4.69) is 5.10 Å². The summed E-state index contributed by atoms with van der Waals surface area (Å²) in [5.41, 5.74) is 2.03. The van der Waals surface area contributed by atoms with Gasteiger partial charge in [0.15, 0.2) is 0 Å². The molecule has 8 heavy (non-hydrogen) atoms. The highest BCUT2D eigenvalue weighted by Gasteiger charge is 1.99. The number of hydrazine groups is 1. The molecule has 0 fully saturated rings. The van der Waals surface area contributed by atoms with E-state index in [0.29, 0.717) is 0 Å². The Morgan fingerprint density at radius 1 is 1.75 bits per heavy atom. The summed E-state index contributed by atoms with van der Waals surface area (Å²) in [5.74, 6) is 8.97. The van der Waals surface area contributed by atoms with Gasteiger partial charge in [-0.15, -0.1) is 0 Å². The number of rotatable bonds is 1. The molecule has 0 bridgehead atoms. The molecule has 5 nitrogen and oxygen atoms in total. The SMILES string of the molecule is C/C(=N\N)C(=O)NN. The molecule has 0 spiro atoms. The van der Waals surface area contributed by atoms with Gasteiger partial charge in [-0.3, -0.25) is 10.2 Å². The molecule has 0 aromatic rings. The molecule has 1 amide bonds. The van der Waals surface area contributed by atoms with Gasteiger partial charge >= 0.3 is 0 Å². The molecule has 0 heterocycles. The van der Waals surface area contributed by atoms with Crippen molar-refractivity contribution in [2.24, 2.45) is 16.8 Å². The highest BCUT2D eigenvalue weighted by molar-refractivity contribution is 6.37. The van der Waals surface area contributed by atoms with Crippen LogP contribution in [0.15, 0.2) is 5.10 Å². The third-order valence-electron chi connectivity index (χ3n) is 0.653. The van der Waals surface area contributed by atoms with Crippen LogP contribution >= 0.6 is 0 Å². The Balaban J connectivity index is 3.83. The molecule has 5 N–H and O–H groups in total. The smallest absolute Gasteiger partial charge is 0.281 e. The van der Waals surface area contributed by atoms with Gasteiger partial charge in [0, 0.05) is 0 Å². The number of nitrogens with two attached hydrogens (primary N) is 2. The van der Waals surface area contributed by atoms with Crippen LogP contribution in [0.5, 0.6) is 0 Å². The van der Waals surface area contributed by atoms with Crippen LogP contribution in [-0.2, 0) is 4.79 Å². The van der Waals surface area contributed by atoms with Crippen LogP contribution in [-0.4, -0.2) is 11.6 Å². The molecular formula is C3H8N4O. The van der Waals surface area contributed by atoms with E-state index in [1.165, 1.54) is 6.92 Å². The van der Waals surface area contributed by atoms with Crippen LogP contribution in [0.25, 0.3) is 0 Å². The average molecular weight is 116 g/mol. The van der Waals surface area contributed by atoms with Crippen molar-refractivity contribution in [3.05, 3.63) is 0 Å². The Morgan fingerprint density at radius 3 is 2.38 bits per heavy atom. The predicted molar refractivity (Wildman–Crippen MR) is 29.6 cm³/mol. The number of nitrogens with one attached hydrogen (secondary N) is 1. The Bertz CT molecular complexity index is 118. The first kappa shape index (κ1) is 6.90. The second-order valence-corrected chi connectivity index (χ2v) is 1.19. The number of hydrogen-bond donors (Lipinski definition) is 3. The van der Waals surface area contributed by atoms with E-state index in [4.69, 9.17) is 11.7 Å². The van der Waals surface area contributed by atoms with Gasteiger partial charge in [-0.05, 0) is 6.92 Å². The van der Waals surface area contributed by atoms with Crippen LogP contribution in [0.1, 0.15) is 6.92 Å². The molecule has 0 saturated heterocycles. The fourth-order valence-corrected chi connectivity index (χ4v) is 0.163. The Kier molecular flexibility index (Phi) is 2.57. The lowest BCUT2D eigenvalue weighted by molar-refractivity contribution is -0.114. The monoisotopic (exact) mass is 116 g/mol. The lowest BCUT2D eigenvalue weighted by Gasteiger charge is -1.92. The molecule has 0 saturated carbocycles. The van der Waals surface area contributed by atoms with Gasteiger partial charge in [0.25, 0.3) is 5.91 Å². The minimum atomic E-state index is -0.465. The van der Waals surface area contributed by atoms with Crippen LogP contribution in [0.2, 0.25) is 0 Å². The molecule has 0 aromatic carbocycles. The summed E-state index contributed by atoms with van der Waals surface area (Å²) in [5, 5.41) is 3.08. The summed E-state index contributed by atoms with van der Waals surface area (Å²) in [6.07, 6.45) is 0. The number of hydrogen-bond acceptors (Lipinski definition) is 4. The first-order chi connectivity index (χ1) is 3.72. The molecule has 46 valence electrons. The summed E-state index contributed by atoms with van der Waals surface area (Å²) in [7, 11) is 0. The molecule has 0 aromatic heterocycles. The fourth-order valence-electron chi connectivity index (χ4n) is 0.163. The number of carbonyl (C=O) groups excluding carboxylic acids is 1. The minimum Gasteiger partial charge on any atom is -0.323 e. The number of nitrogens with zero attached hydrogens (tertiary/aromatic N) is 1. The van der Waals surface area contributed by atoms with E-state index in [1.807, 2.05) is 5.43 Å². The zero-order chi connectivity index (χ0) is 6.57. The lowest BCUT2D eigenvalue weighted by atomic mass is 10.4. The van der Waals surface area contributed by atoms with Gasteiger partial charge in [-0.25, -0.2) is 5.84 Å². The molecule has 0 atom stereocenters. The number of carbonyl (C=O) groups is 1. The van der Waals surface area contributed by atoms with Crippen LogP contribution < -0.4 is 17.1 Å². The van der Waals surface area contributed by atoms with Gasteiger partial charge in [-0.1, -0.05) is 0 Å². The second kappa shape index (κ2) is 2.98. The van der Waals surface area contributed by atoms with Crippen LogP contribution in [0.3, 0.4) is 0 Å². The van der Waals surface area contributed by atoms with Gasteiger partial charge in [-0.2, -0.15) is 5.10 Å². The summed E-state index contributed by atoms with van der Waals surface area (Å²) in [6.45, 7) is 1.46. The van der Waals surface area contributed by atoms with Crippen molar-refractivity contribution in [2.75, 3.05) is 0 Å². The van der Waals surface area contributed by atoms with E-state index in [1.54, 1.807) is 0 Å². The maximum atomic E-state index is 10.3. The standard InChI is InChI=1S/C3H8N4O/c1-2(6-4)3(8)7-5/h4-5H2,1H3,(H,7,8)/b6-2+. The van der Waals surface area contributed by atoms with Crippen molar-refractivity contribution in [2.45, 2.75) is 6.92 Å². The molecule has 0 rings (SSSR count). The van der Waals surface area contributed by atoms with Crippen molar-refractivity contribution in [1.29, 1.82) is 0 Å². The molecule has 0 unspecified atom stereocenters. The topological polar surface area (TPSA) is 93.5 Å². The highest BCUT2D eigenvalue weighted by Crippen LogP contribution is 1.68. The lowest BCUT2D eigenvalue weighted by Crippen LogP contribution is -2.35. The molecule has 5 heteroatoms. The Labute approximate surface area is 46.7 Å². The van der Waals surface area contributed by atoms with Crippen molar-refractivity contribution >= 4 is 11.6 Å². The molecule has 0 aliphatic heterocycles. The number of hydrazone groups is 1.